The average Bonchev–Trinajstić information content (AvgIpc) is 2.76. The first kappa shape index (κ1) is 15.4. The number of anilines is 1. The molecule has 1 aromatic heterocycles. The molecule has 0 spiro atoms. The summed E-state index contributed by atoms with van der Waals surface area (Å²) in [5, 5.41) is 10.4. The van der Waals surface area contributed by atoms with Gasteiger partial charge in [-0.2, -0.15) is 5.10 Å². The van der Waals surface area contributed by atoms with Crippen LogP contribution in [0.2, 0.25) is 5.02 Å². The summed E-state index contributed by atoms with van der Waals surface area (Å²) in [5.41, 5.74) is 3.60. The Morgan fingerprint density at radius 2 is 2.19 bits per heavy atom. The van der Waals surface area contributed by atoms with Crippen LogP contribution in [0, 0.1) is 13.8 Å². The predicted molar refractivity (Wildman–Crippen MR) is 83.0 cm³/mol. The molecule has 2 aromatic rings. The van der Waals surface area contributed by atoms with E-state index in [1.807, 2.05) is 13.8 Å². The van der Waals surface area contributed by atoms with Gasteiger partial charge < -0.3 is 10.1 Å². The highest BCUT2D eigenvalue weighted by Crippen LogP contribution is 2.27. The second-order valence-electron chi connectivity index (χ2n) is 4.81. The van der Waals surface area contributed by atoms with Gasteiger partial charge in [0.15, 0.2) is 0 Å². The number of aromatic nitrogens is 2. The molecule has 0 atom stereocenters. The van der Waals surface area contributed by atoms with Crippen LogP contribution >= 0.6 is 11.6 Å². The Labute approximate surface area is 128 Å². The molecule has 1 aromatic carbocycles. The van der Waals surface area contributed by atoms with E-state index in [1.165, 1.54) is 0 Å². The van der Waals surface area contributed by atoms with Crippen LogP contribution in [0.3, 0.4) is 0 Å². The lowest BCUT2D eigenvalue weighted by molar-refractivity contribution is -0.116. The van der Waals surface area contributed by atoms with Crippen molar-refractivity contribution in [2.45, 2.75) is 26.7 Å². The van der Waals surface area contributed by atoms with Crippen molar-refractivity contribution in [1.82, 2.24) is 10.2 Å². The number of hydrogen-bond donors (Lipinski definition) is 2. The van der Waals surface area contributed by atoms with E-state index in [9.17, 15) is 4.79 Å². The molecule has 0 aliphatic rings. The number of methoxy groups -OCH3 is 1. The van der Waals surface area contributed by atoms with Crippen LogP contribution in [0.5, 0.6) is 5.75 Å². The summed E-state index contributed by atoms with van der Waals surface area (Å²) >= 11 is 5.94. The summed E-state index contributed by atoms with van der Waals surface area (Å²) in [6.45, 7) is 3.88. The fourth-order valence-electron chi connectivity index (χ4n) is 2.17. The van der Waals surface area contributed by atoms with E-state index in [2.05, 4.69) is 15.5 Å². The van der Waals surface area contributed by atoms with E-state index in [0.29, 0.717) is 29.3 Å². The molecule has 1 heterocycles. The number of aromatic amines is 1. The summed E-state index contributed by atoms with van der Waals surface area (Å²) in [7, 11) is 1.55. The Morgan fingerprint density at radius 3 is 2.81 bits per heavy atom. The number of rotatable bonds is 5. The van der Waals surface area contributed by atoms with Gasteiger partial charge in [-0.1, -0.05) is 11.6 Å². The van der Waals surface area contributed by atoms with Crippen molar-refractivity contribution in [3.8, 4) is 5.75 Å². The van der Waals surface area contributed by atoms with Crippen molar-refractivity contribution in [3.63, 3.8) is 0 Å². The summed E-state index contributed by atoms with van der Waals surface area (Å²) < 4.78 is 5.20. The minimum absolute atomic E-state index is 0.0874. The van der Waals surface area contributed by atoms with Gasteiger partial charge in [-0.15, -0.1) is 0 Å². The number of nitrogens with zero attached hydrogens (tertiary/aromatic N) is 1. The monoisotopic (exact) mass is 307 g/mol. The minimum Gasteiger partial charge on any atom is -0.495 e. The van der Waals surface area contributed by atoms with Crippen molar-refractivity contribution in [2.24, 2.45) is 0 Å². The smallest absolute Gasteiger partial charge is 0.224 e. The molecule has 0 saturated carbocycles. The number of halogens is 1. The zero-order valence-corrected chi connectivity index (χ0v) is 13.0. The van der Waals surface area contributed by atoms with E-state index in [0.717, 1.165) is 17.0 Å². The molecule has 21 heavy (non-hydrogen) atoms. The number of amides is 1. The lowest BCUT2D eigenvalue weighted by Crippen LogP contribution is -2.13. The van der Waals surface area contributed by atoms with Gasteiger partial charge in [0.05, 0.1) is 18.5 Å². The molecule has 5 nitrogen and oxygen atoms in total. The maximum absolute atomic E-state index is 12.1. The number of hydrogen-bond acceptors (Lipinski definition) is 3. The number of carbonyl (C=O) groups is 1. The van der Waals surface area contributed by atoms with Crippen molar-refractivity contribution in [2.75, 3.05) is 12.4 Å². The summed E-state index contributed by atoms with van der Waals surface area (Å²) in [4.78, 5) is 12.1. The summed E-state index contributed by atoms with van der Waals surface area (Å²) in [5.74, 6) is 0.499. The lowest BCUT2D eigenvalue weighted by atomic mass is 10.1. The average molecular weight is 308 g/mol. The largest absolute Gasteiger partial charge is 0.495 e. The Kier molecular flexibility index (Phi) is 4.85. The first-order chi connectivity index (χ1) is 10.0. The van der Waals surface area contributed by atoms with Gasteiger partial charge in [0, 0.05) is 17.1 Å². The molecule has 0 radical (unpaired) electrons. The molecule has 0 unspecified atom stereocenters. The van der Waals surface area contributed by atoms with Crippen molar-refractivity contribution in [1.29, 1.82) is 0 Å². The normalized spacial score (nSPS) is 10.5. The van der Waals surface area contributed by atoms with E-state index in [4.69, 9.17) is 16.3 Å². The standard InChI is InChI=1S/C15H18ClN3O2/c1-9-12(10(2)19-18-9)5-7-15(20)17-13-8-11(16)4-6-14(13)21-3/h4,6,8H,5,7H2,1-3H3,(H,17,20)(H,18,19). The van der Waals surface area contributed by atoms with Gasteiger partial charge >= 0.3 is 0 Å². The van der Waals surface area contributed by atoms with Crippen LogP contribution in [0.15, 0.2) is 18.2 Å². The predicted octanol–water partition coefficient (Wildman–Crippen LogP) is 3.26. The van der Waals surface area contributed by atoms with Crippen LogP contribution < -0.4 is 10.1 Å². The van der Waals surface area contributed by atoms with Gasteiger partial charge in [0.1, 0.15) is 5.75 Å². The van der Waals surface area contributed by atoms with Crippen LogP contribution in [0.1, 0.15) is 23.4 Å². The molecule has 112 valence electrons. The van der Waals surface area contributed by atoms with Crippen LogP contribution in [-0.2, 0) is 11.2 Å². The topological polar surface area (TPSA) is 67.0 Å². The summed E-state index contributed by atoms with van der Waals surface area (Å²) in [6.07, 6.45) is 1.01. The highest BCUT2D eigenvalue weighted by Gasteiger charge is 2.11. The fraction of sp³-hybridized carbons (Fsp3) is 0.333. The third-order valence-electron chi connectivity index (χ3n) is 3.32. The Hall–Kier alpha value is -2.01. The third kappa shape index (κ3) is 3.76. The van der Waals surface area contributed by atoms with Gasteiger partial charge in [-0.05, 0) is 44.0 Å². The van der Waals surface area contributed by atoms with E-state index >= 15 is 0 Å². The van der Waals surface area contributed by atoms with E-state index in [1.54, 1.807) is 25.3 Å². The number of carbonyl (C=O) groups excluding carboxylic acids is 1. The number of benzene rings is 1. The van der Waals surface area contributed by atoms with Crippen molar-refractivity contribution < 1.29 is 9.53 Å². The maximum Gasteiger partial charge on any atom is 0.224 e. The molecule has 0 bridgehead atoms. The van der Waals surface area contributed by atoms with Crippen LogP contribution in [0.4, 0.5) is 5.69 Å². The van der Waals surface area contributed by atoms with E-state index < -0.39 is 0 Å². The fourth-order valence-corrected chi connectivity index (χ4v) is 2.34. The van der Waals surface area contributed by atoms with Gasteiger partial charge in [0.2, 0.25) is 5.91 Å². The van der Waals surface area contributed by atoms with Crippen LogP contribution in [-0.4, -0.2) is 23.2 Å². The third-order valence-corrected chi connectivity index (χ3v) is 3.55. The Morgan fingerprint density at radius 1 is 1.43 bits per heavy atom. The molecule has 0 aliphatic heterocycles. The molecule has 2 rings (SSSR count). The second kappa shape index (κ2) is 6.63. The highest BCUT2D eigenvalue weighted by molar-refractivity contribution is 6.31. The van der Waals surface area contributed by atoms with E-state index in [-0.39, 0.29) is 5.91 Å². The maximum atomic E-state index is 12.1. The lowest BCUT2D eigenvalue weighted by Gasteiger charge is -2.10. The zero-order valence-electron chi connectivity index (χ0n) is 12.3. The molecule has 2 N–H and O–H groups in total. The quantitative estimate of drug-likeness (QED) is 0.891. The Bertz CT molecular complexity index is 633. The number of H-pyrrole nitrogens is 1. The van der Waals surface area contributed by atoms with Crippen molar-refractivity contribution in [3.05, 3.63) is 40.2 Å². The minimum atomic E-state index is -0.0874. The van der Waals surface area contributed by atoms with Crippen LogP contribution in [0.25, 0.3) is 0 Å². The first-order valence-electron chi connectivity index (χ1n) is 6.65. The van der Waals surface area contributed by atoms with Gasteiger partial charge in [0.25, 0.3) is 0 Å². The summed E-state index contributed by atoms with van der Waals surface area (Å²) in [6, 6.07) is 5.11. The Balaban J connectivity index is 2.01. The van der Waals surface area contributed by atoms with Crippen molar-refractivity contribution >= 4 is 23.2 Å². The van der Waals surface area contributed by atoms with Gasteiger partial charge in [-0.3, -0.25) is 9.89 Å². The SMILES string of the molecule is COc1ccc(Cl)cc1NC(=O)CCc1c(C)n[nH]c1C. The first-order valence-corrected chi connectivity index (χ1v) is 7.03. The number of ether oxygens (including phenoxy) is 1. The van der Waals surface area contributed by atoms with Gasteiger partial charge in [-0.25, -0.2) is 0 Å². The number of nitrogens with one attached hydrogen (secondary N) is 2. The second-order valence-corrected chi connectivity index (χ2v) is 5.24. The molecule has 0 saturated heterocycles. The molecule has 0 aliphatic carbocycles. The zero-order chi connectivity index (χ0) is 15.4. The highest BCUT2D eigenvalue weighted by atomic mass is 35.5. The number of aryl methyl sites for hydroxylation is 2. The molecular weight excluding hydrogens is 290 g/mol. The molecular formula is C15H18ClN3O2. The molecule has 6 heteroatoms. The molecule has 1 amide bonds. The molecule has 0 fully saturated rings.